The molecule has 0 spiro atoms. The first-order valence-electron chi connectivity index (χ1n) is 8.20. The van der Waals surface area contributed by atoms with Gasteiger partial charge in [0.1, 0.15) is 0 Å². The Morgan fingerprint density at radius 3 is 2.09 bits per heavy atom. The number of cyclic esters (lactones) is 1. The van der Waals surface area contributed by atoms with Crippen LogP contribution in [0.15, 0.2) is 0 Å². The molecule has 0 aromatic heterocycles. The summed E-state index contributed by atoms with van der Waals surface area (Å²) in [4.78, 5) is 23.7. The van der Waals surface area contributed by atoms with Crippen molar-refractivity contribution >= 4 is 22.1 Å². The molecule has 2 N–H and O–H groups in total. The lowest BCUT2D eigenvalue weighted by Crippen LogP contribution is -2.39. The predicted octanol–water partition coefficient (Wildman–Crippen LogP) is 2.01. The standard InChI is InChI=1S/C15H24O7S/c16-13(17)12-11-9-7-5-3-1-2-4-6-8-10-22-14(18)15(11,12)23(19,20)21/h11-12H,1-10H2,(H,16,17)(H,19,20,21). The highest BCUT2D eigenvalue weighted by atomic mass is 32.2. The SMILES string of the molecule is O=C(O)C1C2CCCCCCCCCCOC(=O)C21S(=O)(=O)O. The lowest BCUT2D eigenvalue weighted by atomic mass is 10.0. The van der Waals surface area contributed by atoms with Gasteiger partial charge in [-0.05, 0) is 12.8 Å². The molecule has 8 heteroatoms. The van der Waals surface area contributed by atoms with Gasteiger partial charge >= 0.3 is 11.9 Å². The fourth-order valence-electron chi connectivity index (χ4n) is 3.71. The molecule has 2 aliphatic rings. The van der Waals surface area contributed by atoms with Crippen molar-refractivity contribution in [2.45, 2.75) is 62.5 Å². The normalized spacial score (nSPS) is 33.9. The van der Waals surface area contributed by atoms with Crippen molar-refractivity contribution in [3.8, 4) is 0 Å². The van der Waals surface area contributed by atoms with Crippen molar-refractivity contribution in [2.24, 2.45) is 11.8 Å². The maximum atomic E-state index is 12.3. The molecule has 2 fully saturated rings. The molecule has 0 radical (unpaired) electrons. The third-order valence-electron chi connectivity index (χ3n) is 4.96. The van der Waals surface area contributed by atoms with Gasteiger partial charge in [-0.25, -0.2) is 0 Å². The average Bonchev–Trinajstić information content (AvgIpc) is 3.14. The van der Waals surface area contributed by atoms with Gasteiger partial charge in [-0.15, -0.1) is 0 Å². The van der Waals surface area contributed by atoms with E-state index < -0.39 is 38.6 Å². The van der Waals surface area contributed by atoms with Crippen LogP contribution in [0.4, 0.5) is 0 Å². The minimum Gasteiger partial charge on any atom is -0.481 e. The zero-order valence-corrected chi connectivity index (χ0v) is 13.9. The van der Waals surface area contributed by atoms with Gasteiger partial charge in [-0.1, -0.05) is 44.9 Å². The van der Waals surface area contributed by atoms with E-state index in [2.05, 4.69) is 0 Å². The average molecular weight is 348 g/mol. The lowest BCUT2D eigenvalue weighted by Gasteiger charge is -2.14. The Kier molecular flexibility index (Phi) is 5.67. The predicted molar refractivity (Wildman–Crippen MR) is 81.4 cm³/mol. The smallest absolute Gasteiger partial charge is 0.331 e. The van der Waals surface area contributed by atoms with Crippen molar-refractivity contribution in [2.75, 3.05) is 6.61 Å². The minimum absolute atomic E-state index is 0.0508. The fraction of sp³-hybridized carbons (Fsp3) is 0.867. The van der Waals surface area contributed by atoms with Crippen LogP contribution in [-0.2, 0) is 24.4 Å². The van der Waals surface area contributed by atoms with Gasteiger partial charge in [0.2, 0.25) is 4.75 Å². The Morgan fingerprint density at radius 1 is 1.04 bits per heavy atom. The molecule has 1 saturated carbocycles. The highest BCUT2D eigenvalue weighted by Crippen LogP contribution is 2.59. The van der Waals surface area contributed by atoms with Crippen molar-refractivity contribution < 1.29 is 32.4 Å². The summed E-state index contributed by atoms with van der Waals surface area (Å²) in [6, 6.07) is 0. The number of carbonyl (C=O) groups is 2. The summed E-state index contributed by atoms with van der Waals surface area (Å²) in [5, 5.41) is 9.27. The van der Waals surface area contributed by atoms with Crippen LogP contribution in [0.1, 0.15) is 57.8 Å². The van der Waals surface area contributed by atoms with E-state index in [1.165, 1.54) is 0 Å². The number of ether oxygens (including phenoxy) is 1. The monoisotopic (exact) mass is 348 g/mol. The molecule has 1 heterocycles. The Hall–Kier alpha value is -1.15. The molecule has 2 rings (SSSR count). The second-order valence-corrected chi connectivity index (χ2v) is 8.07. The van der Waals surface area contributed by atoms with Crippen LogP contribution in [0, 0.1) is 11.8 Å². The first-order chi connectivity index (χ1) is 10.8. The van der Waals surface area contributed by atoms with Gasteiger partial charge in [0, 0.05) is 5.92 Å². The molecule has 0 amide bonds. The van der Waals surface area contributed by atoms with E-state index in [9.17, 15) is 27.7 Å². The highest BCUT2D eigenvalue weighted by molar-refractivity contribution is 7.88. The zero-order chi connectivity index (χ0) is 17.1. The van der Waals surface area contributed by atoms with Crippen LogP contribution in [0.2, 0.25) is 0 Å². The van der Waals surface area contributed by atoms with E-state index >= 15 is 0 Å². The van der Waals surface area contributed by atoms with Gasteiger partial charge in [0.05, 0.1) is 12.5 Å². The maximum Gasteiger partial charge on any atom is 0.331 e. The van der Waals surface area contributed by atoms with Crippen LogP contribution in [-0.4, -0.2) is 41.4 Å². The first-order valence-corrected chi connectivity index (χ1v) is 9.64. The van der Waals surface area contributed by atoms with Crippen molar-refractivity contribution in [1.82, 2.24) is 0 Å². The van der Waals surface area contributed by atoms with E-state index in [-0.39, 0.29) is 13.0 Å². The summed E-state index contributed by atoms with van der Waals surface area (Å²) in [7, 11) is -4.86. The van der Waals surface area contributed by atoms with Gasteiger partial charge in [0.15, 0.2) is 0 Å². The summed E-state index contributed by atoms with van der Waals surface area (Å²) >= 11 is 0. The number of carbonyl (C=O) groups excluding carboxylic acids is 1. The van der Waals surface area contributed by atoms with E-state index in [0.717, 1.165) is 38.5 Å². The number of fused-ring (bicyclic) bond motifs is 1. The zero-order valence-electron chi connectivity index (χ0n) is 13.1. The second kappa shape index (κ2) is 7.17. The first kappa shape index (κ1) is 18.2. The molecule has 1 aliphatic heterocycles. The Morgan fingerprint density at radius 2 is 1.57 bits per heavy atom. The van der Waals surface area contributed by atoms with Crippen LogP contribution in [0.5, 0.6) is 0 Å². The number of carboxylic acid groups (broad SMARTS) is 1. The largest absolute Gasteiger partial charge is 0.481 e. The molecule has 0 bridgehead atoms. The summed E-state index contributed by atoms with van der Waals surface area (Å²) in [6.07, 6.45) is 7.51. The van der Waals surface area contributed by atoms with Gasteiger partial charge in [-0.2, -0.15) is 8.42 Å². The third-order valence-corrected chi connectivity index (χ3v) is 6.54. The van der Waals surface area contributed by atoms with Crippen LogP contribution in [0.25, 0.3) is 0 Å². The molecule has 3 atom stereocenters. The molecule has 132 valence electrons. The molecule has 0 aromatic carbocycles. The molecular weight excluding hydrogens is 324 g/mol. The van der Waals surface area contributed by atoms with Crippen molar-refractivity contribution in [3.63, 3.8) is 0 Å². The number of hydrogen-bond donors (Lipinski definition) is 2. The number of aliphatic carboxylic acids is 1. The third kappa shape index (κ3) is 3.52. The summed E-state index contributed by atoms with van der Waals surface area (Å²) < 4.78 is 35.9. The van der Waals surface area contributed by atoms with Gasteiger partial charge < -0.3 is 9.84 Å². The lowest BCUT2D eigenvalue weighted by molar-refractivity contribution is -0.148. The Bertz CT molecular complexity index is 556. The minimum atomic E-state index is -4.86. The fourth-order valence-corrected chi connectivity index (χ4v) is 5.13. The van der Waals surface area contributed by atoms with Crippen molar-refractivity contribution in [1.29, 1.82) is 0 Å². The van der Waals surface area contributed by atoms with Crippen LogP contribution >= 0.6 is 0 Å². The summed E-state index contributed by atoms with van der Waals surface area (Å²) in [6.45, 7) is 0.0508. The van der Waals surface area contributed by atoms with Crippen LogP contribution in [0.3, 0.4) is 0 Å². The molecule has 0 aromatic rings. The van der Waals surface area contributed by atoms with E-state index in [0.29, 0.717) is 12.8 Å². The number of esters is 1. The quantitative estimate of drug-likeness (QED) is 0.579. The molecular formula is C15H24O7S. The number of carboxylic acids is 1. The van der Waals surface area contributed by atoms with E-state index in [1.54, 1.807) is 0 Å². The van der Waals surface area contributed by atoms with Gasteiger partial charge in [-0.3, -0.25) is 14.1 Å². The van der Waals surface area contributed by atoms with Crippen LogP contribution < -0.4 is 0 Å². The number of rotatable bonds is 2. The topological polar surface area (TPSA) is 118 Å². The summed E-state index contributed by atoms with van der Waals surface area (Å²) in [5.74, 6) is -4.83. The second-order valence-electron chi connectivity index (χ2n) is 6.44. The highest BCUT2D eigenvalue weighted by Gasteiger charge is 2.81. The summed E-state index contributed by atoms with van der Waals surface area (Å²) in [5.41, 5.74) is 0. The number of hydrogen-bond acceptors (Lipinski definition) is 5. The molecule has 23 heavy (non-hydrogen) atoms. The maximum absolute atomic E-state index is 12.3. The van der Waals surface area contributed by atoms with Crippen molar-refractivity contribution in [3.05, 3.63) is 0 Å². The molecule has 3 unspecified atom stereocenters. The molecule has 1 saturated heterocycles. The van der Waals surface area contributed by atoms with E-state index in [4.69, 9.17) is 4.74 Å². The molecule has 1 aliphatic carbocycles. The van der Waals surface area contributed by atoms with E-state index in [1.807, 2.05) is 0 Å². The Labute approximate surface area is 136 Å². The molecule has 7 nitrogen and oxygen atoms in total. The van der Waals surface area contributed by atoms with Gasteiger partial charge in [0.25, 0.3) is 10.1 Å². The Balaban J connectivity index is 2.23.